The first kappa shape index (κ1) is 34.8. The predicted molar refractivity (Wildman–Crippen MR) is 35.0 cm³/mol. The molecular weight excluding hydrogens is 590 g/mol. The van der Waals surface area contributed by atoms with E-state index in [1.54, 1.807) is 0 Å². The Hall–Kier alpha value is 4.25. The van der Waals surface area contributed by atoms with Gasteiger partial charge in [-0.15, -0.1) is 0 Å². The Labute approximate surface area is 128 Å². The Morgan fingerprint density at radius 2 is 1.20 bits per heavy atom. The molecule has 0 nitrogen and oxygen atoms in total. The topological polar surface area (TPSA) is 0 Å². The van der Waals surface area contributed by atoms with Crippen molar-refractivity contribution in [2.75, 3.05) is 0 Å². The summed E-state index contributed by atoms with van der Waals surface area (Å²) >= 11 is 0. The van der Waals surface area contributed by atoms with E-state index >= 15 is 0 Å². The van der Waals surface area contributed by atoms with Gasteiger partial charge in [0.15, 0.2) is 17.4 Å². The molecule has 0 fully saturated rings. The molecule has 0 saturated carbocycles. The van der Waals surface area contributed by atoms with Gasteiger partial charge in [-0.05, 0) is 0 Å². The second kappa shape index (κ2) is 24.0. The fourth-order valence-electron chi connectivity index (χ4n) is 0. The predicted octanol–water partition coefficient (Wildman–Crippen LogP) is -3.17. The average molecular weight is 599 g/mol. The van der Waals surface area contributed by atoms with Crippen molar-refractivity contribution < 1.29 is 25.2 Å². The molecule has 5 heteroatoms. The second-order valence-corrected chi connectivity index (χ2v) is 0. The summed E-state index contributed by atoms with van der Waals surface area (Å²) in [7, 11) is 0. The van der Waals surface area contributed by atoms with Crippen LogP contribution in [0.15, 0.2) is 0 Å². The van der Waals surface area contributed by atoms with Crippen molar-refractivity contribution in [1.82, 2.24) is 0 Å². The fourth-order valence-corrected chi connectivity index (χ4v) is 0. The molecule has 0 aliphatic heterocycles. The number of hydrogen-bond donors (Lipinski definition) is 0. The summed E-state index contributed by atoms with van der Waals surface area (Å²) in [5, 5.41) is 0. The minimum atomic E-state index is 0. The van der Waals surface area contributed by atoms with Gasteiger partial charge in [-0.25, -0.2) is 0 Å². The third-order valence-electron chi connectivity index (χ3n) is 0. The normalized spacial score (nSPS) is 0. The standard InChI is InChI=1S/Al.Au.Ca.Pb.Sn.9H/q;;+2;;;;;;;;;;2*-1. The van der Waals surface area contributed by atoms with Crippen LogP contribution in [0.25, 0.3) is 0 Å². The molecule has 33 valence electrons. The summed E-state index contributed by atoms with van der Waals surface area (Å²) in [4.78, 5) is 0. The van der Waals surface area contributed by atoms with E-state index in [4.69, 9.17) is 0 Å². The van der Waals surface area contributed by atoms with Crippen LogP contribution in [0.5, 0.6) is 0 Å². The molecule has 0 aromatic heterocycles. The Kier molecular flexibility index (Phi) is 167. The van der Waals surface area contributed by atoms with E-state index in [0.717, 1.165) is 0 Å². The first-order valence-electron chi connectivity index (χ1n) is 0. The summed E-state index contributed by atoms with van der Waals surface area (Å²) in [6.07, 6.45) is 0. The van der Waals surface area contributed by atoms with Crippen LogP contribution in [0.2, 0.25) is 0 Å². The SMILES string of the molecule is [AlH3].[Au].[Ca+2].[H-].[H-].[PbH2].[SnH2]. The molecule has 0 heterocycles. The molecule has 0 aliphatic carbocycles. The quantitative estimate of drug-likeness (QED) is 0.258. The molecule has 0 spiro atoms. The third kappa shape index (κ3) is 17.8. The van der Waals surface area contributed by atoms with E-state index in [9.17, 15) is 0 Å². The zero-order chi connectivity index (χ0) is 0. The van der Waals surface area contributed by atoms with Crippen molar-refractivity contribution in [2.45, 2.75) is 0 Å². The summed E-state index contributed by atoms with van der Waals surface area (Å²) in [5.41, 5.74) is 0. The monoisotopic (exact) mass is 601 g/mol. The molecule has 0 amide bonds. The number of rotatable bonds is 0. The minimum absolute atomic E-state index is 0. The van der Waals surface area contributed by atoms with Crippen molar-refractivity contribution in [3.8, 4) is 0 Å². The van der Waals surface area contributed by atoms with E-state index < -0.39 is 0 Å². The summed E-state index contributed by atoms with van der Waals surface area (Å²) < 4.78 is 0. The van der Waals surface area contributed by atoms with Crippen molar-refractivity contribution in [3.63, 3.8) is 0 Å². The maximum absolute atomic E-state index is 0. The summed E-state index contributed by atoms with van der Waals surface area (Å²) in [5.74, 6) is 0. The van der Waals surface area contributed by atoms with Crippen LogP contribution in [0, 0.1) is 0 Å². The van der Waals surface area contributed by atoms with Crippen molar-refractivity contribution in [1.29, 1.82) is 0 Å². The molecule has 0 aromatic carbocycles. The van der Waals surface area contributed by atoms with Crippen LogP contribution in [-0.2, 0) is 22.4 Å². The maximum atomic E-state index is 0. The van der Waals surface area contributed by atoms with Crippen LogP contribution in [0.1, 0.15) is 2.85 Å². The van der Waals surface area contributed by atoms with Gasteiger partial charge in [0.25, 0.3) is 0 Å². The number of hydrogen-bond acceptors (Lipinski definition) is 0. The van der Waals surface area contributed by atoms with Crippen molar-refractivity contribution in [2.24, 2.45) is 0 Å². The van der Waals surface area contributed by atoms with E-state index in [1.807, 2.05) is 0 Å². The second-order valence-electron chi connectivity index (χ2n) is 0. The molecule has 0 atom stereocenters. The van der Waals surface area contributed by atoms with Gasteiger partial charge in [0.05, 0.1) is 0 Å². The fraction of sp³-hybridized carbons (Fsp3) is 0. The van der Waals surface area contributed by atoms with Gasteiger partial charge in [-0.3, -0.25) is 0 Å². The van der Waals surface area contributed by atoms with Gasteiger partial charge in [0, 0.05) is 22.4 Å². The molecular formula is H9AlAuCaPbSn. The van der Waals surface area contributed by atoms with Crippen LogP contribution < -0.4 is 0 Å². The van der Waals surface area contributed by atoms with Crippen LogP contribution in [-0.4, -0.2) is 106 Å². The van der Waals surface area contributed by atoms with Gasteiger partial charge in [-0.1, -0.05) is 0 Å². The Morgan fingerprint density at radius 3 is 1.20 bits per heavy atom. The molecule has 0 unspecified atom stereocenters. The van der Waals surface area contributed by atoms with Gasteiger partial charge in [-0.2, -0.15) is 0 Å². The molecule has 0 aliphatic rings. The Bertz CT molecular complexity index is 17.7. The average Bonchev–Trinajstić information content (AvgIpc) is 0. The van der Waals surface area contributed by atoms with Gasteiger partial charge >= 0.3 is 88.9 Å². The zero-order valence-corrected chi connectivity index (χ0v) is 16.3. The third-order valence-corrected chi connectivity index (χ3v) is 0. The Morgan fingerprint density at radius 1 is 1.20 bits per heavy atom. The van der Waals surface area contributed by atoms with Crippen molar-refractivity contribution in [3.05, 3.63) is 0 Å². The van der Waals surface area contributed by atoms with Crippen LogP contribution >= 0.6 is 0 Å². The Balaban J connectivity index is 0. The molecule has 0 bridgehead atoms. The van der Waals surface area contributed by atoms with Crippen LogP contribution in [0.4, 0.5) is 0 Å². The molecule has 5 radical (unpaired) electrons. The van der Waals surface area contributed by atoms with Gasteiger partial charge < -0.3 is 2.85 Å². The first-order valence-corrected chi connectivity index (χ1v) is 0. The summed E-state index contributed by atoms with van der Waals surface area (Å²) in [6.45, 7) is 0. The first-order chi connectivity index (χ1) is 0. The van der Waals surface area contributed by atoms with E-state index in [-0.39, 0.29) is 132 Å². The molecule has 0 aromatic rings. The van der Waals surface area contributed by atoms with Gasteiger partial charge in [0.2, 0.25) is 0 Å². The van der Waals surface area contributed by atoms with E-state index in [2.05, 4.69) is 0 Å². The van der Waals surface area contributed by atoms with Crippen LogP contribution in [0.3, 0.4) is 0 Å². The summed E-state index contributed by atoms with van der Waals surface area (Å²) in [6, 6.07) is 0. The molecule has 0 rings (SSSR count). The zero-order valence-electron chi connectivity index (χ0n) is 4.42. The van der Waals surface area contributed by atoms with Gasteiger partial charge in [0.1, 0.15) is 0 Å². The molecule has 5 heavy (non-hydrogen) atoms. The molecule has 0 saturated heterocycles. The van der Waals surface area contributed by atoms with E-state index in [1.165, 1.54) is 0 Å². The van der Waals surface area contributed by atoms with E-state index in [0.29, 0.717) is 0 Å². The van der Waals surface area contributed by atoms with Crippen molar-refractivity contribution >= 4 is 106 Å². The molecule has 0 N–H and O–H groups in total.